The first kappa shape index (κ1) is 13.9. The van der Waals surface area contributed by atoms with Gasteiger partial charge in [-0.2, -0.15) is 0 Å². The standard InChI is InChI=1S/C15H22N2O2/c1-11-14(5-4-10-16-11)15(18)17(2)12-6-8-13(19-3)9-7-12/h6-9,11,14,16H,4-5,10H2,1-3H3. The summed E-state index contributed by atoms with van der Waals surface area (Å²) in [6.07, 6.45) is 2.03. The van der Waals surface area contributed by atoms with E-state index in [4.69, 9.17) is 4.74 Å². The molecule has 2 atom stereocenters. The second-order valence-electron chi connectivity index (χ2n) is 5.09. The molecule has 0 spiro atoms. The molecule has 2 rings (SSSR count). The normalized spacial score (nSPS) is 22.9. The zero-order valence-corrected chi connectivity index (χ0v) is 11.8. The molecule has 0 bridgehead atoms. The average Bonchev–Trinajstić information content (AvgIpc) is 2.46. The maximum absolute atomic E-state index is 12.5. The number of methoxy groups -OCH3 is 1. The van der Waals surface area contributed by atoms with Crippen molar-refractivity contribution in [1.82, 2.24) is 5.32 Å². The van der Waals surface area contributed by atoms with Crippen molar-refractivity contribution in [2.75, 3.05) is 25.6 Å². The lowest BCUT2D eigenvalue weighted by molar-refractivity contribution is -0.123. The van der Waals surface area contributed by atoms with Gasteiger partial charge >= 0.3 is 0 Å². The van der Waals surface area contributed by atoms with E-state index in [0.717, 1.165) is 30.8 Å². The van der Waals surface area contributed by atoms with Gasteiger partial charge < -0.3 is 15.0 Å². The van der Waals surface area contributed by atoms with Crippen molar-refractivity contribution in [2.45, 2.75) is 25.8 Å². The minimum Gasteiger partial charge on any atom is -0.497 e. The second kappa shape index (κ2) is 6.06. The highest BCUT2D eigenvalue weighted by molar-refractivity contribution is 5.95. The van der Waals surface area contributed by atoms with Gasteiger partial charge in [0.15, 0.2) is 0 Å². The summed E-state index contributed by atoms with van der Waals surface area (Å²) < 4.78 is 5.13. The van der Waals surface area contributed by atoms with Crippen molar-refractivity contribution in [3.05, 3.63) is 24.3 Å². The van der Waals surface area contributed by atoms with Crippen LogP contribution in [0.5, 0.6) is 5.75 Å². The van der Waals surface area contributed by atoms with Gasteiger partial charge in [0.1, 0.15) is 5.75 Å². The van der Waals surface area contributed by atoms with Crippen molar-refractivity contribution in [3.63, 3.8) is 0 Å². The third-order valence-corrected chi connectivity index (χ3v) is 3.87. The van der Waals surface area contributed by atoms with Crippen molar-refractivity contribution < 1.29 is 9.53 Å². The summed E-state index contributed by atoms with van der Waals surface area (Å²) in [6.45, 7) is 3.10. The number of benzene rings is 1. The predicted octanol–water partition coefficient (Wildman–Crippen LogP) is 2.05. The minimum atomic E-state index is 0.0702. The van der Waals surface area contributed by atoms with Crippen LogP contribution < -0.4 is 15.0 Å². The van der Waals surface area contributed by atoms with Crippen LogP contribution in [0.15, 0.2) is 24.3 Å². The number of piperidine rings is 1. The first-order valence-electron chi connectivity index (χ1n) is 6.78. The Morgan fingerprint density at radius 3 is 2.63 bits per heavy atom. The van der Waals surface area contributed by atoms with Crippen LogP contribution in [0.3, 0.4) is 0 Å². The molecule has 1 aliphatic rings. The van der Waals surface area contributed by atoms with Crippen LogP contribution in [0, 0.1) is 5.92 Å². The zero-order chi connectivity index (χ0) is 13.8. The first-order valence-corrected chi connectivity index (χ1v) is 6.78. The third-order valence-electron chi connectivity index (χ3n) is 3.87. The van der Waals surface area contributed by atoms with Crippen molar-refractivity contribution in [1.29, 1.82) is 0 Å². The lowest BCUT2D eigenvalue weighted by Crippen LogP contribution is -2.47. The topological polar surface area (TPSA) is 41.6 Å². The highest BCUT2D eigenvalue weighted by Crippen LogP contribution is 2.23. The molecule has 0 aliphatic carbocycles. The van der Waals surface area contributed by atoms with Crippen molar-refractivity contribution in [3.8, 4) is 5.75 Å². The Hall–Kier alpha value is -1.55. The van der Waals surface area contributed by atoms with E-state index in [1.54, 1.807) is 12.0 Å². The third kappa shape index (κ3) is 3.07. The summed E-state index contributed by atoms with van der Waals surface area (Å²) >= 11 is 0. The number of nitrogens with zero attached hydrogens (tertiary/aromatic N) is 1. The Morgan fingerprint density at radius 2 is 2.05 bits per heavy atom. The van der Waals surface area contributed by atoms with Crippen LogP contribution in [0.25, 0.3) is 0 Å². The molecule has 1 aromatic carbocycles. The van der Waals surface area contributed by atoms with Crippen LogP contribution in [0.2, 0.25) is 0 Å². The van der Waals surface area contributed by atoms with Crippen LogP contribution in [-0.4, -0.2) is 32.7 Å². The average molecular weight is 262 g/mol. The van der Waals surface area contributed by atoms with Crippen LogP contribution in [0.4, 0.5) is 5.69 Å². The second-order valence-corrected chi connectivity index (χ2v) is 5.09. The largest absolute Gasteiger partial charge is 0.497 e. The molecular formula is C15H22N2O2. The Balaban J connectivity index is 2.08. The van der Waals surface area contributed by atoms with E-state index in [2.05, 4.69) is 12.2 Å². The van der Waals surface area contributed by atoms with E-state index in [0.29, 0.717) is 0 Å². The summed E-state index contributed by atoms with van der Waals surface area (Å²) in [5.74, 6) is 1.06. The molecule has 0 saturated carbocycles. The molecule has 1 aliphatic heterocycles. The molecule has 2 unspecified atom stereocenters. The molecule has 1 N–H and O–H groups in total. The number of anilines is 1. The summed E-state index contributed by atoms with van der Waals surface area (Å²) in [7, 11) is 3.48. The minimum absolute atomic E-state index is 0.0702. The number of hydrogen-bond donors (Lipinski definition) is 1. The Bertz CT molecular complexity index is 430. The van der Waals surface area contributed by atoms with Crippen LogP contribution in [-0.2, 0) is 4.79 Å². The molecule has 104 valence electrons. The maximum Gasteiger partial charge on any atom is 0.231 e. The van der Waals surface area contributed by atoms with E-state index >= 15 is 0 Å². The highest BCUT2D eigenvalue weighted by atomic mass is 16.5. The predicted molar refractivity (Wildman–Crippen MR) is 76.6 cm³/mol. The number of hydrogen-bond acceptors (Lipinski definition) is 3. The van der Waals surface area contributed by atoms with Gasteiger partial charge in [0.05, 0.1) is 13.0 Å². The summed E-state index contributed by atoms with van der Waals surface area (Å²) in [6, 6.07) is 7.83. The van der Waals surface area contributed by atoms with Gasteiger partial charge in [-0.05, 0) is 50.6 Å². The molecular weight excluding hydrogens is 240 g/mol. The monoisotopic (exact) mass is 262 g/mol. The molecule has 1 heterocycles. The van der Waals surface area contributed by atoms with Gasteiger partial charge in [0.2, 0.25) is 5.91 Å². The van der Waals surface area contributed by atoms with Crippen molar-refractivity contribution >= 4 is 11.6 Å². The van der Waals surface area contributed by atoms with Gasteiger partial charge in [-0.25, -0.2) is 0 Å². The number of rotatable bonds is 3. The molecule has 1 amide bonds. The fourth-order valence-electron chi connectivity index (χ4n) is 2.56. The Kier molecular flexibility index (Phi) is 4.43. The molecule has 0 aromatic heterocycles. The molecule has 4 nitrogen and oxygen atoms in total. The number of carbonyl (C=O) groups excluding carboxylic acids is 1. The number of amides is 1. The molecule has 1 aromatic rings. The van der Waals surface area contributed by atoms with Crippen LogP contribution in [0.1, 0.15) is 19.8 Å². The fourth-order valence-corrected chi connectivity index (χ4v) is 2.56. The number of ether oxygens (including phenoxy) is 1. The van der Waals surface area contributed by atoms with Gasteiger partial charge in [0.25, 0.3) is 0 Å². The van der Waals surface area contributed by atoms with Gasteiger partial charge in [-0.1, -0.05) is 0 Å². The molecule has 1 saturated heterocycles. The first-order chi connectivity index (χ1) is 9.13. The van der Waals surface area contributed by atoms with Crippen molar-refractivity contribution in [2.24, 2.45) is 5.92 Å². The van der Waals surface area contributed by atoms with E-state index in [9.17, 15) is 4.79 Å². The summed E-state index contributed by atoms with van der Waals surface area (Å²) in [5.41, 5.74) is 0.906. The van der Waals surface area contributed by atoms with E-state index in [1.165, 1.54) is 0 Å². The number of carbonyl (C=O) groups is 1. The smallest absolute Gasteiger partial charge is 0.231 e. The SMILES string of the molecule is COc1ccc(N(C)C(=O)C2CCCNC2C)cc1. The van der Waals surface area contributed by atoms with E-state index in [1.807, 2.05) is 31.3 Å². The van der Waals surface area contributed by atoms with E-state index < -0.39 is 0 Å². The lowest BCUT2D eigenvalue weighted by atomic mass is 9.90. The van der Waals surface area contributed by atoms with Gasteiger partial charge in [-0.3, -0.25) is 4.79 Å². The molecule has 0 radical (unpaired) electrons. The lowest BCUT2D eigenvalue weighted by Gasteiger charge is -2.32. The molecule has 19 heavy (non-hydrogen) atoms. The molecule has 1 fully saturated rings. The Labute approximate surface area is 114 Å². The molecule has 4 heteroatoms. The maximum atomic E-state index is 12.5. The summed E-state index contributed by atoms with van der Waals surface area (Å²) in [5, 5.41) is 3.37. The zero-order valence-electron chi connectivity index (χ0n) is 11.8. The quantitative estimate of drug-likeness (QED) is 0.906. The highest BCUT2D eigenvalue weighted by Gasteiger charge is 2.30. The van der Waals surface area contributed by atoms with Gasteiger partial charge in [0, 0.05) is 18.8 Å². The Morgan fingerprint density at radius 1 is 1.37 bits per heavy atom. The van der Waals surface area contributed by atoms with Gasteiger partial charge in [-0.15, -0.1) is 0 Å². The summed E-state index contributed by atoms with van der Waals surface area (Å²) in [4.78, 5) is 14.3. The van der Waals surface area contributed by atoms with Crippen LogP contribution >= 0.6 is 0 Å². The van der Waals surface area contributed by atoms with E-state index in [-0.39, 0.29) is 17.9 Å². The fraction of sp³-hybridized carbons (Fsp3) is 0.533. The number of nitrogens with one attached hydrogen (secondary N) is 1.